The Bertz CT molecular complexity index is 383. The fraction of sp³-hybridized carbons (Fsp3) is 0.462. The zero-order valence-corrected chi connectivity index (χ0v) is 10.3. The Hall–Kier alpha value is -1.06. The minimum atomic E-state index is -0.227. The van der Waals surface area contributed by atoms with Gasteiger partial charge in [-0.3, -0.25) is 4.79 Å². The third kappa shape index (κ3) is 3.45. The van der Waals surface area contributed by atoms with E-state index in [1.54, 1.807) is 24.3 Å². The monoisotopic (exact) mass is 253 g/mol. The first-order chi connectivity index (χ1) is 8.15. The normalized spacial score (nSPS) is 24.4. The molecule has 1 fully saturated rings. The van der Waals surface area contributed by atoms with Crippen molar-refractivity contribution in [2.45, 2.75) is 31.8 Å². The minimum absolute atomic E-state index is 0.0223. The molecule has 3 nitrogen and oxygen atoms in total. The largest absolute Gasteiger partial charge is 0.393 e. The van der Waals surface area contributed by atoms with Crippen molar-refractivity contribution in [1.82, 2.24) is 0 Å². The second kappa shape index (κ2) is 5.52. The number of amides is 1. The zero-order chi connectivity index (χ0) is 12.3. The van der Waals surface area contributed by atoms with Gasteiger partial charge in [0.15, 0.2) is 0 Å². The van der Waals surface area contributed by atoms with Gasteiger partial charge in [-0.25, -0.2) is 0 Å². The number of aliphatic hydroxyl groups excluding tert-OH is 1. The Balaban J connectivity index is 1.90. The van der Waals surface area contributed by atoms with Gasteiger partial charge in [-0.05, 0) is 49.9 Å². The molecule has 0 aromatic heterocycles. The lowest BCUT2D eigenvalue weighted by molar-refractivity contribution is -0.121. The SMILES string of the molecule is O=C(Nc1ccc(Cl)cc1)C1CCC(O)CC1. The van der Waals surface area contributed by atoms with Crippen LogP contribution in [0.15, 0.2) is 24.3 Å². The Morgan fingerprint density at radius 1 is 1.18 bits per heavy atom. The van der Waals surface area contributed by atoms with Gasteiger partial charge in [-0.2, -0.15) is 0 Å². The van der Waals surface area contributed by atoms with Crippen LogP contribution < -0.4 is 5.32 Å². The molecule has 0 saturated heterocycles. The summed E-state index contributed by atoms with van der Waals surface area (Å²) in [4.78, 5) is 11.9. The van der Waals surface area contributed by atoms with Crippen molar-refractivity contribution < 1.29 is 9.90 Å². The average Bonchev–Trinajstić information content (AvgIpc) is 2.33. The molecule has 2 N–H and O–H groups in total. The second-order valence-corrected chi connectivity index (χ2v) is 4.94. The number of halogens is 1. The summed E-state index contributed by atoms with van der Waals surface area (Å²) in [6.45, 7) is 0. The molecule has 1 aromatic rings. The van der Waals surface area contributed by atoms with Gasteiger partial charge in [0.1, 0.15) is 0 Å². The van der Waals surface area contributed by atoms with Gasteiger partial charge in [0.25, 0.3) is 0 Å². The molecule has 1 aliphatic rings. The van der Waals surface area contributed by atoms with Crippen LogP contribution in [0, 0.1) is 5.92 Å². The smallest absolute Gasteiger partial charge is 0.227 e. The van der Waals surface area contributed by atoms with Crippen molar-refractivity contribution >= 4 is 23.2 Å². The maximum absolute atomic E-state index is 11.9. The first kappa shape index (κ1) is 12.4. The van der Waals surface area contributed by atoms with Crippen LogP contribution in [0.2, 0.25) is 5.02 Å². The van der Waals surface area contributed by atoms with Crippen molar-refractivity contribution in [3.8, 4) is 0 Å². The summed E-state index contributed by atoms with van der Waals surface area (Å²) in [5, 5.41) is 12.9. The Morgan fingerprint density at radius 2 is 1.76 bits per heavy atom. The maximum Gasteiger partial charge on any atom is 0.227 e. The molecule has 1 aliphatic carbocycles. The molecule has 1 aromatic carbocycles. The number of aliphatic hydroxyl groups is 1. The third-order valence-corrected chi connectivity index (χ3v) is 3.43. The van der Waals surface area contributed by atoms with Gasteiger partial charge in [0.2, 0.25) is 5.91 Å². The van der Waals surface area contributed by atoms with Gasteiger partial charge in [-0.1, -0.05) is 11.6 Å². The van der Waals surface area contributed by atoms with Crippen LogP contribution in [0.4, 0.5) is 5.69 Å². The summed E-state index contributed by atoms with van der Waals surface area (Å²) in [6.07, 6.45) is 2.74. The number of nitrogens with one attached hydrogen (secondary N) is 1. The summed E-state index contributed by atoms with van der Waals surface area (Å²) in [5.74, 6) is 0.0632. The number of carbonyl (C=O) groups excluding carboxylic acids is 1. The number of hydrogen-bond donors (Lipinski definition) is 2. The van der Waals surface area contributed by atoms with Crippen LogP contribution in [0.3, 0.4) is 0 Å². The molecule has 92 valence electrons. The summed E-state index contributed by atoms with van der Waals surface area (Å²) >= 11 is 5.77. The highest BCUT2D eigenvalue weighted by Crippen LogP contribution is 2.25. The van der Waals surface area contributed by atoms with E-state index >= 15 is 0 Å². The van der Waals surface area contributed by atoms with Gasteiger partial charge in [-0.15, -0.1) is 0 Å². The quantitative estimate of drug-likeness (QED) is 0.852. The van der Waals surface area contributed by atoms with Crippen LogP contribution in [0.25, 0.3) is 0 Å². The van der Waals surface area contributed by atoms with E-state index in [0.29, 0.717) is 5.02 Å². The van der Waals surface area contributed by atoms with Crippen molar-refractivity contribution in [1.29, 1.82) is 0 Å². The number of carbonyl (C=O) groups is 1. The topological polar surface area (TPSA) is 49.3 Å². The Kier molecular flexibility index (Phi) is 4.02. The average molecular weight is 254 g/mol. The van der Waals surface area contributed by atoms with Crippen molar-refractivity contribution in [3.05, 3.63) is 29.3 Å². The standard InChI is InChI=1S/C13H16ClNO2/c14-10-3-5-11(6-4-10)15-13(17)9-1-7-12(16)8-2-9/h3-6,9,12,16H,1-2,7-8H2,(H,15,17). The lowest BCUT2D eigenvalue weighted by Crippen LogP contribution is -2.28. The molecule has 0 radical (unpaired) electrons. The molecular formula is C13H16ClNO2. The van der Waals surface area contributed by atoms with E-state index in [4.69, 9.17) is 11.6 Å². The van der Waals surface area contributed by atoms with E-state index in [1.165, 1.54) is 0 Å². The minimum Gasteiger partial charge on any atom is -0.393 e. The van der Waals surface area contributed by atoms with Crippen LogP contribution >= 0.6 is 11.6 Å². The molecule has 0 bridgehead atoms. The van der Waals surface area contributed by atoms with Crippen LogP contribution in [0.5, 0.6) is 0 Å². The molecule has 0 spiro atoms. The zero-order valence-electron chi connectivity index (χ0n) is 9.53. The number of benzene rings is 1. The summed E-state index contributed by atoms with van der Waals surface area (Å²) in [7, 11) is 0. The molecule has 4 heteroatoms. The predicted octanol–water partition coefficient (Wildman–Crippen LogP) is 2.83. The first-order valence-electron chi connectivity index (χ1n) is 5.89. The van der Waals surface area contributed by atoms with E-state index in [0.717, 1.165) is 31.4 Å². The van der Waals surface area contributed by atoms with Gasteiger partial charge >= 0.3 is 0 Å². The fourth-order valence-electron chi connectivity index (χ4n) is 2.12. The molecule has 0 heterocycles. The van der Waals surface area contributed by atoms with Crippen molar-refractivity contribution in [2.24, 2.45) is 5.92 Å². The molecule has 2 rings (SSSR count). The lowest BCUT2D eigenvalue weighted by atomic mass is 9.87. The van der Waals surface area contributed by atoms with Gasteiger partial charge in [0, 0.05) is 16.6 Å². The fourth-order valence-corrected chi connectivity index (χ4v) is 2.24. The van der Waals surface area contributed by atoms with Crippen molar-refractivity contribution in [2.75, 3.05) is 5.32 Å². The highest BCUT2D eigenvalue weighted by atomic mass is 35.5. The first-order valence-corrected chi connectivity index (χ1v) is 6.27. The van der Waals surface area contributed by atoms with E-state index in [2.05, 4.69) is 5.32 Å². The predicted molar refractivity (Wildman–Crippen MR) is 68.0 cm³/mol. The molecule has 17 heavy (non-hydrogen) atoms. The Morgan fingerprint density at radius 3 is 2.35 bits per heavy atom. The van der Waals surface area contributed by atoms with E-state index in [1.807, 2.05) is 0 Å². The maximum atomic E-state index is 11.9. The molecule has 1 saturated carbocycles. The van der Waals surface area contributed by atoms with Gasteiger partial charge < -0.3 is 10.4 Å². The summed E-state index contributed by atoms with van der Waals surface area (Å²) in [6, 6.07) is 7.08. The third-order valence-electron chi connectivity index (χ3n) is 3.18. The van der Waals surface area contributed by atoms with Crippen LogP contribution in [-0.4, -0.2) is 17.1 Å². The molecular weight excluding hydrogens is 238 g/mol. The molecule has 0 unspecified atom stereocenters. The molecule has 1 amide bonds. The second-order valence-electron chi connectivity index (χ2n) is 4.50. The number of rotatable bonds is 2. The van der Waals surface area contributed by atoms with E-state index in [9.17, 15) is 9.90 Å². The highest BCUT2D eigenvalue weighted by molar-refractivity contribution is 6.30. The summed E-state index contributed by atoms with van der Waals surface area (Å²) < 4.78 is 0. The van der Waals surface area contributed by atoms with E-state index in [-0.39, 0.29) is 17.9 Å². The summed E-state index contributed by atoms with van der Waals surface area (Å²) in [5.41, 5.74) is 0.769. The number of anilines is 1. The molecule has 0 aliphatic heterocycles. The van der Waals surface area contributed by atoms with Crippen LogP contribution in [-0.2, 0) is 4.79 Å². The van der Waals surface area contributed by atoms with Crippen LogP contribution in [0.1, 0.15) is 25.7 Å². The lowest BCUT2D eigenvalue weighted by Gasteiger charge is -2.24. The highest BCUT2D eigenvalue weighted by Gasteiger charge is 2.25. The van der Waals surface area contributed by atoms with E-state index < -0.39 is 0 Å². The number of hydrogen-bond acceptors (Lipinski definition) is 2. The van der Waals surface area contributed by atoms with Gasteiger partial charge in [0.05, 0.1) is 6.10 Å². The molecule has 0 atom stereocenters. The van der Waals surface area contributed by atoms with Crippen molar-refractivity contribution in [3.63, 3.8) is 0 Å². The Labute approximate surface area is 106 Å².